The Labute approximate surface area is 84.2 Å². The summed E-state index contributed by atoms with van der Waals surface area (Å²) >= 11 is 0. The molecule has 0 bridgehead atoms. The van der Waals surface area contributed by atoms with Crippen LogP contribution in [0.3, 0.4) is 0 Å². The Balaban J connectivity index is 1.63. The summed E-state index contributed by atoms with van der Waals surface area (Å²) in [5.74, 6) is 0. The third-order valence-corrected chi connectivity index (χ3v) is 2.91. The van der Waals surface area contributed by atoms with Gasteiger partial charge >= 0.3 is 6.09 Å². The van der Waals surface area contributed by atoms with Gasteiger partial charge in [-0.1, -0.05) is 13.3 Å². The van der Waals surface area contributed by atoms with E-state index in [1.807, 2.05) is 0 Å². The lowest BCUT2D eigenvalue weighted by Crippen LogP contribution is -2.69. The van der Waals surface area contributed by atoms with Crippen LogP contribution in [-0.4, -0.2) is 42.9 Å². The normalized spacial score (nSPS) is 22.8. The first-order valence-corrected chi connectivity index (χ1v) is 5.31. The lowest BCUT2D eigenvalue weighted by Gasteiger charge is -2.54. The zero-order valence-electron chi connectivity index (χ0n) is 8.62. The van der Waals surface area contributed by atoms with Crippen LogP contribution in [0.2, 0.25) is 0 Å². The standard InChI is InChI=1S/C10H17NO3/c1-2-3-5-13-9(12)11-7-10(8-11)4-6-14-10/h2-8H2,1H3. The van der Waals surface area contributed by atoms with Gasteiger partial charge in [0.2, 0.25) is 0 Å². The molecule has 0 aromatic rings. The zero-order valence-corrected chi connectivity index (χ0v) is 8.62. The van der Waals surface area contributed by atoms with Crippen molar-refractivity contribution in [3.8, 4) is 0 Å². The van der Waals surface area contributed by atoms with Gasteiger partial charge in [0.05, 0.1) is 26.3 Å². The minimum absolute atomic E-state index is 0.0176. The highest BCUT2D eigenvalue weighted by Crippen LogP contribution is 2.35. The second kappa shape index (κ2) is 3.77. The molecule has 0 N–H and O–H groups in total. The van der Waals surface area contributed by atoms with Crippen LogP contribution < -0.4 is 0 Å². The highest BCUT2D eigenvalue weighted by Gasteiger charge is 2.51. The van der Waals surface area contributed by atoms with Crippen molar-refractivity contribution < 1.29 is 14.3 Å². The Morgan fingerprint density at radius 1 is 1.57 bits per heavy atom. The van der Waals surface area contributed by atoms with Crippen molar-refractivity contribution in [2.75, 3.05) is 26.3 Å². The van der Waals surface area contributed by atoms with Crippen LogP contribution in [0.15, 0.2) is 0 Å². The Bertz CT molecular complexity index is 217. The molecular weight excluding hydrogens is 182 g/mol. The van der Waals surface area contributed by atoms with Crippen LogP contribution in [0.25, 0.3) is 0 Å². The molecule has 0 aliphatic carbocycles. The third kappa shape index (κ3) is 1.71. The molecule has 0 saturated carbocycles. The molecule has 80 valence electrons. The van der Waals surface area contributed by atoms with E-state index in [1.54, 1.807) is 4.90 Å². The highest BCUT2D eigenvalue weighted by molar-refractivity contribution is 5.69. The molecule has 0 aromatic heterocycles. The summed E-state index contributed by atoms with van der Waals surface area (Å²) in [5.41, 5.74) is 0.0176. The van der Waals surface area contributed by atoms with Crippen LogP contribution in [0.5, 0.6) is 0 Å². The molecule has 2 aliphatic heterocycles. The van der Waals surface area contributed by atoms with Gasteiger partial charge in [-0.3, -0.25) is 0 Å². The van der Waals surface area contributed by atoms with Crippen LogP contribution >= 0.6 is 0 Å². The second-order valence-electron chi connectivity index (χ2n) is 4.11. The molecule has 0 aromatic carbocycles. The lowest BCUT2D eigenvalue weighted by molar-refractivity contribution is -0.212. The Hall–Kier alpha value is -0.770. The summed E-state index contributed by atoms with van der Waals surface area (Å²) in [6.45, 7) is 4.91. The van der Waals surface area contributed by atoms with Crippen LogP contribution in [0.4, 0.5) is 4.79 Å². The van der Waals surface area contributed by atoms with Crippen molar-refractivity contribution in [2.24, 2.45) is 0 Å². The third-order valence-electron chi connectivity index (χ3n) is 2.91. The maximum atomic E-state index is 11.4. The van der Waals surface area contributed by atoms with Gasteiger partial charge in [0, 0.05) is 6.42 Å². The van der Waals surface area contributed by atoms with Crippen molar-refractivity contribution in [1.82, 2.24) is 4.90 Å². The first-order chi connectivity index (χ1) is 6.76. The van der Waals surface area contributed by atoms with Gasteiger partial charge < -0.3 is 14.4 Å². The fraction of sp³-hybridized carbons (Fsp3) is 0.900. The largest absolute Gasteiger partial charge is 0.449 e. The fourth-order valence-corrected chi connectivity index (χ4v) is 1.81. The predicted molar refractivity (Wildman–Crippen MR) is 51.1 cm³/mol. The molecule has 2 rings (SSSR count). The summed E-state index contributed by atoms with van der Waals surface area (Å²) in [5, 5.41) is 0. The molecule has 4 nitrogen and oxygen atoms in total. The van der Waals surface area contributed by atoms with Gasteiger partial charge in [0.1, 0.15) is 5.60 Å². The summed E-state index contributed by atoms with van der Waals surface area (Å²) < 4.78 is 10.5. The molecular formula is C10H17NO3. The minimum Gasteiger partial charge on any atom is -0.449 e. The molecule has 0 atom stereocenters. The maximum absolute atomic E-state index is 11.4. The van der Waals surface area contributed by atoms with E-state index in [0.717, 1.165) is 39.0 Å². The molecule has 1 spiro atoms. The molecule has 2 saturated heterocycles. The van der Waals surface area contributed by atoms with E-state index in [2.05, 4.69) is 6.92 Å². The van der Waals surface area contributed by atoms with E-state index >= 15 is 0 Å². The zero-order chi connectivity index (χ0) is 10.0. The first kappa shape index (κ1) is 9.77. The Kier molecular flexibility index (Phi) is 2.63. The summed E-state index contributed by atoms with van der Waals surface area (Å²) in [4.78, 5) is 13.1. The topological polar surface area (TPSA) is 38.8 Å². The van der Waals surface area contributed by atoms with Crippen LogP contribution in [-0.2, 0) is 9.47 Å². The molecule has 2 heterocycles. The molecule has 14 heavy (non-hydrogen) atoms. The number of likely N-dealkylation sites (tertiary alicyclic amines) is 1. The Morgan fingerprint density at radius 3 is 2.79 bits per heavy atom. The van der Waals surface area contributed by atoms with Gasteiger partial charge in [-0.05, 0) is 6.42 Å². The van der Waals surface area contributed by atoms with Gasteiger partial charge in [0.15, 0.2) is 0 Å². The van der Waals surface area contributed by atoms with Crippen molar-refractivity contribution in [3.05, 3.63) is 0 Å². The van der Waals surface area contributed by atoms with Crippen molar-refractivity contribution in [3.63, 3.8) is 0 Å². The number of carbonyl (C=O) groups excluding carboxylic acids is 1. The smallest absolute Gasteiger partial charge is 0.409 e. The first-order valence-electron chi connectivity index (χ1n) is 5.31. The number of amides is 1. The number of carbonyl (C=O) groups is 1. The molecule has 2 aliphatic rings. The predicted octanol–water partition coefficient (Wildman–Crippen LogP) is 1.40. The van der Waals surface area contributed by atoms with E-state index in [1.165, 1.54) is 0 Å². The SMILES string of the molecule is CCCCOC(=O)N1CC2(CCO2)C1. The number of hydrogen-bond acceptors (Lipinski definition) is 3. The van der Waals surface area contributed by atoms with Gasteiger partial charge in [-0.15, -0.1) is 0 Å². The summed E-state index contributed by atoms with van der Waals surface area (Å²) in [7, 11) is 0. The number of rotatable bonds is 3. The summed E-state index contributed by atoms with van der Waals surface area (Å²) in [6.07, 6.45) is 2.91. The number of nitrogens with zero attached hydrogens (tertiary/aromatic N) is 1. The molecule has 1 amide bonds. The molecule has 4 heteroatoms. The number of unbranched alkanes of at least 4 members (excludes halogenated alkanes) is 1. The lowest BCUT2D eigenvalue weighted by atomic mass is 9.87. The van der Waals surface area contributed by atoms with Crippen LogP contribution in [0, 0.1) is 0 Å². The Morgan fingerprint density at radius 2 is 2.29 bits per heavy atom. The van der Waals surface area contributed by atoms with E-state index < -0.39 is 0 Å². The van der Waals surface area contributed by atoms with Gasteiger partial charge in [-0.25, -0.2) is 4.79 Å². The number of ether oxygens (including phenoxy) is 2. The maximum Gasteiger partial charge on any atom is 0.409 e. The quantitative estimate of drug-likeness (QED) is 0.645. The monoisotopic (exact) mass is 199 g/mol. The van der Waals surface area contributed by atoms with E-state index in [-0.39, 0.29) is 11.7 Å². The van der Waals surface area contributed by atoms with Gasteiger partial charge in [0.25, 0.3) is 0 Å². The van der Waals surface area contributed by atoms with Gasteiger partial charge in [-0.2, -0.15) is 0 Å². The highest BCUT2D eigenvalue weighted by atomic mass is 16.6. The average Bonchev–Trinajstić information content (AvgIpc) is 1.99. The van der Waals surface area contributed by atoms with Crippen molar-refractivity contribution in [2.45, 2.75) is 31.8 Å². The molecule has 0 unspecified atom stereocenters. The minimum atomic E-state index is -0.181. The molecule has 0 radical (unpaired) electrons. The van der Waals surface area contributed by atoms with Crippen molar-refractivity contribution >= 4 is 6.09 Å². The van der Waals surface area contributed by atoms with E-state index in [0.29, 0.717) is 6.61 Å². The van der Waals surface area contributed by atoms with E-state index in [4.69, 9.17) is 9.47 Å². The average molecular weight is 199 g/mol. The van der Waals surface area contributed by atoms with E-state index in [9.17, 15) is 4.79 Å². The van der Waals surface area contributed by atoms with Crippen LogP contribution in [0.1, 0.15) is 26.2 Å². The fourth-order valence-electron chi connectivity index (χ4n) is 1.81. The second-order valence-corrected chi connectivity index (χ2v) is 4.11. The number of hydrogen-bond donors (Lipinski definition) is 0. The molecule has 2 fully saturated rings. The van der Waals surface area contributed by atoms with Crippen molar-refractivity contribution in [1.29, 1.82) is 0 Å². The summed E-state index contributed by atoms with van der Waals surface area (Å²) in [6, 6.07) is 0.